The third kappa shape index (κ3) is 3.76. The topological polar surface area (TPSA) is 62.2 Å². The average molecular weight is 254 g/mol. The number of nitrogens with one attached hydrogen (secondary N) is 1. The van der Waals surface area contributed by atoms with Crippen molar-refractivity contribution >= 4 is 17.7 Å². The molecule has 0 unspecified atom stereocenters. The van der Waals surface area contributed by atoms with E-state index in [-0.39, 0.29) is 12.5 Å². The van der Waals surface area contributed by atoms with Crippen LogP contribution in [-0.2, 0) is 0 Å². The zero-order valence-electron chi connectivity index (χ0n) is 10.3. The summed E-state index contributed by atoms with van der Waals surface area (Å²) in [6.07, 6.45) is 6.59. The summed E-state index contributed by atoms with van der Waals surface area (Å²) in [4.78, 5) is 15.8. The van der Waals surface area contributed by atoms with Gasteiger partial charge in [-0.05, 0) is 29.8 Å². The predicted octanol–water partition coefficient (Wildman–Crippen LogP) is 2.34. The van der Waals surface area contributed by atoms with Crippen molar-refractivity contribution in [3.8, 4) is 0 Å². The van der Waals surface area contributed by atoms with Crippen molar-refractivity contribution in [2.75, 3.05) is 11.9 Å². The van der Waals surface area contributed by atoms with Crippen LogP contribution in [0.1, 0.15) is 15.9 Å². The molecule has 0 saturated carbocycles. The van der Waals surface area contributed by atoms with E-state index in [0.717, 1.165) is 5.56 Å². The minimum Gasteiger partial charge on any atom is -0.392 e. The monoisotopic (exact) mass is 254 g/mol. The molecule has 1 aromatic heterocycles. The maximum Gasteiger partial charge on any atom is 0.255 e. The highest BCUT2D eigenvalue weighted by molar-refractivity contribution is 6.04. The van der Waals surface area contributed by atoms with Crippen LogP contribution < -0.4 is 5.32 Å². The van der Waals surface area contributed by atoms with Gasteiger partial charge in [0.15, 0.2) is 0 Å². The quantitative estimate of drug-likeness (QED) is 0.880. The molecule has 0 saturated heterocycles. The molecule has 0 spiro atoms. The van der Waals surface area contributed by atoms with Crippen molar-refractivity contribution in [1.29, 1.82) is 0 Å². The van der Waals surface area contributed by atoms with E-state index >= 15 is 0 Å². The van der Waals surface area contributed by atoms with Gasteiger partial charge in [-0.3, -0.25) is 9.78 Å². The number of aliphatic hydroxyl groups is 1. The van der Waals surface area contributed by atoms with Crippen LogP contribution in [0.5, 0.6) is 0 Å². The molecule has 2 N–H and O–H groups in total. The van der Waals surface area contributed by atoms with Crippen molar-refractivity contribution in [1.82, 2.24) is 4.98 Å². The van der Waals surface area contributed by atoms with Gasteiger partial charge in [0.2, 0.25) is 0 Å². The van der Waals surface area contributed by atoms with Crippen molar-refractivity contribution < 1.29 is 9.90 Å². The second-order valence-corrected chi connectivity index (χ2v) is 3.90. The van der Waals surface area contributed by atoms with Crippen LogP contribution in [0.3, 0.4) is 0 Å². The number of anilines is 1. The molecule has 1 heterocycles. The van der Waals surface area contributed by atoms with E-state index in [1.807, 2.05) is 24.3 Å². The van der Waals surface area contributed by atoms with Gasteiger partial charge in [0.25, 0.3) is 5.91 Å². The summed E-state index contributed by atoms with van der Waals surface area (Å²) in [7, 11) is 0. The lowest BCUT2D eigenvalue weighted by Crippen LogP contribution is -2.11. The molecule has 2 aromatic rings. The summed E-state index contributed by atoms with van der Waals surface area (Å²) in [6.45, 7) is -0.00635. The molecule has 0 aliphatic rings. The van der Waals surface area contributed by atoms with Gasteiger partial charge in [-0.2, -0.15) is 0 Å². The first-order chi connectivity index (χ1) is 9.29. The SMILES string of the molecule is O=C(Nc1cccc(/C=C/CO)c1)c1ccncc1. The standard InChI is InChI=1S/C15H14N2O2/c18-10-2-4-12-3-1-5-14(11-12)17-15(19)13-6-8-16-9-7-13/h1-9,11,18H,10H2,(H,17,19)/b4-2+. The van der Waals surface area contributed by atoms with Crippen molar-refractivity contribution in [3.05, 3.63) is 66.0 Å². The van der Waals surface area contributed by atoms with Gasteiger partial charge in [-0.25, -0.2) is 0 Å². The molecule has 1 amide bonds. The first kappa shape index (κ1) is 13.0. The van der Waals surface area contributed by atoms with Gasteiger partial charge in [0.1, 0.15) is 0 Å². The number of amides is 1. The summed E-state index contributed by atoms with van der Waals surface area (Å²) < 4.78 is 0. The maximum absolute atomic E-state index is 11.9. The highest BCUT2D eigenvalue weighted by atomic mass is 16.2. The maximum atomic E-state index is 11.9. The number of hydrogen-bond donors (Lipinski definition) is 2. The first-order valence-corrected chi connectivity index (χ1v) is 5.88. The molecule has 96 valence electrons. The smallest absolute Gasteiger partial charge is 0.255 e. The number of nitrogens with zero attached hydrogens (tertiary/aromatic N) is 1. The zero-order chi connectivity index (χ0) is 13.5. The predicted molar refractivity (Wildman–Crippen MR) is 74.8 cm³/mol. The summed E-state index contributed by atoms with van der Waals surface area (Å²) in [6, 6.07) is 10.7. The number of carbonyl (C=O) groups excluding carboxylic acids is 1. The van der Waals surface area contributed by atoms with E-state index in [1.54, 1.807) is 36.7 Å². The summed E-state index contributed by atoms with van der Waals surface area (Å²) in [5.41, 5.74) is 2.19. The molecular formula is C15H14N2O2. The van der Waals surface area contributed by atoms with Crippen LogP contribution in [0.4, 0.5) is 5.69 Å². The zero-order valence-corrected chi connectivity index (χ0v) is 10.3. The molecule has 0 aliphatic heterocycles. The van der Waals surface area contributed by atoms with Crippen LogP contribution in [0.2, 0.25) is 0 Å². The molecule has 1 aromatic carbocycles. The van der Waals surface area contributed by atoms with Crippen molar-refractivity contribution in [2.45, 2.75) is 0 Å². The Bertz CT molecular complexity index is 580. The van der Waals surface area contributed by atoms with E-state index in [2.05, 4.69) is 10.3 Å². The number of aliphatic hydroxyl groups excluding tert-OH is 1. The number of carbonyl (C=O) groups is 1. The largest absolute Gasteiger partial charge is 0.392 e. The lowest BCUT2D eigenvalue weighted by Gasteiger charge is -2.05. The Hall–Kier alpha value is -2.46. The van der Waals surface area contributed by atoms with Crippen LogP contribution >= 0.6 is 0 Å². The molecule has 0 aliphatic carbocycles. The molecule has 0 radical (unpaired) electrons. The van der Waals surface area contributed by atoms with Gasteiger partial charge in [0.05, 0.1) is 6.61 Å². The Morgan fingerprint density at radius 3 is 2.79 bits per heavy atom. The van der Waals surface area contributed by atoms with Crippen molar-refractivity contribution in [2.24, 2.45) is 0 Å². The minimum atomic E-state index is -0.175. The number of benzene rings is 1. The van der Waals surface area contributed by atoms with Crippen LogP contribution in [0, 0.1) is 0 Å². The Kier molecular flexibility index (Phi) is 4.42. The Balaban J connectivity index is 2.11. The molecule has 0 atom stereocenters. The van der Waals surface area contributed by atoms with E-state index in [9.17, 15) is 4.79 Å². The Morgan fingerprint density at radius 1 is 1.26 bits per heavy atom. The number of aromatic nitrogens is 1. The highest BCUT2D eigenvalue weighted by Gasteiger charge is 2.04. The minimum absolute atomic E-state index is 0.00635. The van der Waals surface area contributed by atoms with Gasteiger partial charge in [0, 0.05) is 23.6 Å². The first-order valence-electron chi connectivity index (χ1n) is 5.88. The van der Waals surface area contributed by atoms with E-state index in [1.165, 1.54) is 0 Å². The molecule has 19 heavy (non-hydrogen) atoms. The van der Waals surface area contributed by atoms with Gasteiger partial charge in [-0.1, -0.05) is 24.3 Å². The van der Waals surface area contributed by atoms with Gasteiger partial charge in [-0.15, -0.1) is 0 Å². The Labute approximate surface area is 111 Å². The van der Waals surface area contributed by atoms with E-state index < -0.39 is 0 Å². The third-order valence-corrected chi connectivity index (χ3v) is 2.50. The van der Waals surface area contributed by atoms with Crippen LogP contribution in [0.25, 0.3) is 6.08 Å². The number of rotatable bonds is 4. The lowest BCUT2D eigenvalue weighted by atomic mass is 10.1. The fourth-order valence-corrected chi connectivity index (χ4v) is 1.62. The molecule has 0 bridgehead atoms. The molecule has 0 fully saturated rings. The van der Waals surface area contributed by atoms with Gasteiger partial charge < -0.3 is 10.4 Å². The second-order valence-electron chi connectivity index (χ2n) is 3.90. The fraction of sp³-hybridized carbons (Fsp3) is 0.0667. The lowest BCUT2D eigenvalue weighted by molar-refractivity contribution is 0.102. The van der Waals surface area contributed by atoms with Crippen molar-refractivity contribution in [3.63, 3.8) is 0 Å². The summed E-state index contributed by atoms with van der Waals surface area (Å²) in [5.74, 6) is -0.175. The van der Waals surface area contributed by atoms with Crippen LogP contribution in [0.15, 0.2) is 54.9 Å². The average Bonchev–Trinajstić information content (AvgIpc) is 2.46. The fourth-order valence-electron chi connectivity index (χ4n) is 1.62. The van der Waals surface area contributed by atoms with E-state index in [0.29, 0.717) is 11.3 Å². The number of pyridine rings is 1. The van der Waals surface area contributed by atoms with Gasteiger partial charge >= 0.3 is 0 Å². The molecule has 2 rings (SSSR count). The Morgan fingerprint density at radius 2 is 2.05 bits per heavy atom. The normalized spacial score (nSPS) is 10.6. The second kappa shape index (κ2) is 6.47. The van der Waals surface area contributed by atoms with E-state index in [4.69, 9.17) is 5.11 Å². The summed E-state index contributed by atoms with van der Waals surface area (Å²) >= 11 is 0. The van der Waals surface area contributed by atoms with Crippen LogP contribution in [-0.4, -0.2) is 22.6 Å². The molecule has 4 nitrogen and oxygen atoms in total. The molecular weight excluding hydrogens is 240 g/mol. The third-order valence-electron chi connectivity index (χ3n) is 2.50. The molecule has 4 heteroatoms. The highest BCUT2D eigenvalue weighted by Crippen LogP contribution is 2.13. The summed E-state index contributed by atoms with van der Waals surface area (Å²) in [5, 5.41) is 11.5. The number of hydrogen-bond acceptors (Lipinski definition) is 3.